The predicted molar refractivity (Wildman–Crippen MR) is 267 cm³/mol. The highest BCUT2D eigenvalue weighted by molar-refractivity contribution is 5.85. The van der Waals surface area contributed by atoms with Crippen LogP contribution in [0.1, 0.15) is 121 Å². The molecular weight excluding hydrogens is 917 g/mol. The molecule has 0 aliphatic rings. The van der Waals surface area contributed by atoms with Gasteiger partial charge < -0.3 is 34.3 Å². The standard InChI is InChI=1S/C52H82N6O13/c1-48(2,3)67-42(60)32-57(33-43(61)68-49(4,5)6)27-25-56(26-28-58(34-44(62)69-50(7,8)9)35-45(63)70-51(10,11)12)31-41(59)53-30-38-21-23-39(24-22-38)36-66-55-46(64)40(29-37-19-17-16-18-20-37)54-47(65)71-52(13,14)15/h16-24,40H,25-36H2,1-15H3,(H,53,59)(H,54,65)(H,55,64)/t40-/m1/s1. The summed E-state index contributed by atoms with van der Waals surface area (Å²) >= 11 is 0. The van der Waals surface area contributed by atoms with Gasteiger partial charge in [-0.1, -0.05) is 54.6 Å². The molecule has 0 aromatic heterocycles. The summed E-state index contributed by atoms with van der Waals surface area (Å²) in [6.45, 7) is 25.9. The van der Waals surface area contributed by atoms with E-state index in [4.69, 9.17) is 28.5 Å². The van der Waals surface area contributed by atoms with Crippen molar-refractivity contribution >= 4 is 41.8 Å². The lowest BCUT2D eigenvalue weighted by Crippen LogP contribution is -2.49. The first kappa shape index (κ1) is 61.5. The Hall–Kier alpha value is -5.63. The van der Waals surface area contributed by atoms with Crippen LogP contribution in [0.15, 0.2) is 54.6 Å². The third-order valence-corrected chi connectivity index (χ3v) is 9.14. The number of hydrogen-bond acceptors (Lipinski definition) is 16. The van der Waals surface area contributed by atoms with Crippen LogP contribution in [0.3, 0.4) is 0 Å². The molecule has 2 aromatic rings. The molecule has 19 nitrogen and oxygen atoms in total. The molecule has 0 saturated heterocycles. The minimum absolute atomic E-state index is 0.00950. The van der Waals surface area contributed by atoms with E-state index in [1.807, 2.05) is 30.3 Å². The number of hydroxylamine groups is 1. The van der Waals surface area contributed by atoms with Crippen LogP contribution in [0, 0.1) is 0 Å². The summed E-state index contributed by atoms with van der Waals surface area (Å²) in [4.78, 5) is 102. The molecule has 0 radical (unpaired) electrons. The second-order valence-electron chi connectivity index (χ2n) is 22.3. The van der Waals surface area contributed by atoms with Crippen molar-refractivity contribution < 1.29 is 62.1 Å². The monoisotopic (exact) mass is 999 g/mol. The number of amides is 3. The Balaban J connectivity index is 2.23. The van der Waals surface area contributed by atoms with Crippen molar-refractivity contribution in [2.24, 2.45) is 0 Å². The van der Waals surface area contributed by atoms with Crippen LogP contribution < -0.4 is 16.1 Å². The predicted octanol–water partition coefficient (Wildman–Crippen LogP) is 5.26. The number of nitrogens with zero attached hydrogens (tertiary/aromatic N) is 3. The smallest absolute Gasteiger partial charge is 0.408 e. The third kappa shape index (κ3) is 30.7. The van der Waals surface area contributed by atoms with Crippen molar-refractivity contribution in [3.8, 4) is 0 Å². The highest BCUT2D eigenvalue weighted by Gasteiger charge is 2.28. The van der Waals surface area contributed by atoms with Gasteiger partial charge in [0.1, 0.15) is 34.0 Å². The maximum atomic E-state index is 13.7. The molecule has 0 unspecified atom stereocenters. The molecule has 0 spiro atoms. The minimum Gasteiger partial charge on any atom is -0.459 e. The Bertz CT molecular complexity index is 1900. The second kappa shape index (κ2) is 27.8. The fraction of sp³-hybridized carbons (Fsp3) is 0.635. The van der Waals surface area contributed by atoms with Gasteiger partial charge in [-0.15, -0.1) is 0 Å². The molecule has 1 atom stereocenters. The first-order valence-electron chi connectivity index (χ1n) is 24.0. The molecular formula is C52H82N6O13. The Morgan fingerprint density at radius 3 is 1.24 bits per heavy atom. The number of hydrogen-bond donors (Lipinski definition) is 3. The van der Waals surface area contributed by atoms with Crippen molar-refractivity contribution in [3.63, 3.8) is 0 Å². The number of alkyl carbamates (subject to hydrolysis) is 1. The van der Waals surface area contributed by atoms with E-state index in [1.54, 1.807) is 143 Å². The Labute approximate surface area is 421 Å². The molecule has 398 valence electrons. The lowest BCUT2D eigenvalue weighted by Gasteiger charge is -2.30. The van der Waals surface area contributed by atoms with Gasteiger partial charge in [0.25, 0.3) is 5.91 Å². The van der Waals surface area contributed by atoms with Gasteiger partial charge in [-0.25, -0.2) is 10.3 Å². The van der Waals surface area contributed by atoms with Gasteiger partial charge in [-0.05, 0) is 121 Å². The highest BCUT2D eigenvalue weighted by atomic mass is 16.7. The van der Waals surface area contributed by atoms with Crippen LogP contribution >= 0.6 is 0 Å². The van der Waals surface area contributed by atoms with E-state index in [1.165, 1.54) is 0 Å². The van der Waals surface area contributed by atoms with Crippen molar-refractivity contribution in [2.75, 3.05) is 58.9 Å². The van der Waals surface area contributed by atoms with E-state index in [0.29, 0.717) is 0 Å². The number of carbonyl (C=O) groups excluding carboxylic acids is 7. The third-order valence-electron chi connectivity index (χ3n) is 9.14. The summed E-state index contributed by atoms with van der Waals surface area (Å²) in [6, 6.07) is 15.4. The maximum absolute atomic E-state index is 13.7. The molecule has 3 N–H and O–H groups in total. The van der Waals surface area contributed by atoms with E-state index in [2.05, 4.69) is 16.1 Å². The minimum atomic E-state index is -0.976. The van der Waals surface area contributed by atoms with Gasteiger partial charge in [0.05, 0.1) is 39.3 Å². The Morgan fingerprint density at radius 1 is 0.465 bits per heavy atom. The fourth-order valence-corrected chi connectivity index (χ4v) is 6.47. The molecule has 0 aliphatic heterocycles. The summed E-state index contributed by atoms with van der Waals surface area (Å²) in [6.07, 6.45) is -0.534. The molecule has 0 fully saturated rings. The van der Waals surface area contributed by atoms with E-state index >= 15 is 0 Å². The summed E-state index contributed by atoms with van der Waals surface area (Å²) in [5.41, 5.74) is 0.898. The quantitative estimate of drug-likeness (QED) is 0.0656. The SMILES string of the molecule is CC(C)(C)OC(=O)CN(CCN(CCN(CC(=O)OC(C)(C)C)CC(=O)OC(C)(C)C)CC(=O)NCc1ccc(CONC(=O)[C@@H](Cc2ccccc2)NC(=O)OC(C)(C)C)cc1)CC(=O)OC(C)(C)C. The molecule has 71 heavy (non-hydrogen) atoms. The highest BCUT2D eigenvalue weighted by Crippen LogP contribution is 2.14. The zero-order valence-corrected chi connectivity index (χ0v) is 44.9. The van der Waals surface area contributed by atoms with E-state index in [9.17, 15) is 33.6 Å². The zero-order chi connectivity index (χ0) is 53.8. The first-order valence-corrected chi connectivity index (χ1v) is 24.0. The van der Waals surface area contributed by atoms with Crippen LogP contribution in [-0.2, 0) is 76.9 Å². The Morgan fingerprint density at radius 2 is 0.845 bits per heavy atom. The fourth-order valence-electron chi connectivity index (χ4n) is 6.47. The van der Waals surface area contributed by atoms with E-state index in [-0.39, 0.29) is 84.4 Å². The Kier molecular flexibility index (Phi) is 24.1. The van der Waals surface area contributed by atoms with Gasteiger partial charge in [-0.3, -0.25) is 48.3 Å². The molecule has 0 bridgehead atoms. The van der Waals surface area contributed by atoms with Crippen molar-refractivity contribution in [2.45, 2.75) is 157 Å². The molecule has 2 rings (SSSR count). The van der Waals surface area contributed by atoms with E-state index < -0.39 is 69.9 Å². The molecule has 0 heterocycles. The topological polar surface area (TPSA) is 221 Å². The molecule has 19 heteroatoms. The number of esters is 4. The van der Waals surface area contributed by atoms with Crippen molar-refractivity contribution in [1.29, 1.82) is 0 Å². The van der Waals surface area contributed by atoms with Gasteiger partial charge in [0.15, 0.2) is 0 Å². The number of ether oxygens (including phenoxy) is 5. The van der Waals surface area contributed by atoms with Gasteiger partial charge in [0, 0.05) is 39.1 Å². The zero-order valence-electron chi connectivity index (χ0n) is 44.9. The molecule has 3 amide bonds. The number of benzene rings is 2. The van der Waals surface area contributed by atoms with Gasteiger partial charge in [-0.2, -0.15) is 0 Å². The second-order valence-corrected chi connectivity index (χ2v) is 22.3. The first-order chi connectivity index (χ1) is 32.6. The van der Waals surface area contributed by atoms with Crippen LogP contribution in [0.2, 0.25) is 0 Å². The largest absolute Gasteiger partial charge is 0.459 e. The van der Waals surface area contributed by atoms with Crippen molar-refractivity contribution in [1.82, 2.24) is 30.8 Å². The molecule has 2 aromatic carbocycles. The number of nitrogens with one attached hydrogen (secondary N) is 3. The average molecular weight is 999 g/mol. The summed E-state index contributed by atoms with van der Waals surface area (Å²) in [5, 5.41) is 5.57. The lowest BCUT2D eigenvalue weighted by molar-refractivity contribution is -0.162. The maximum Gasteiger partial charge on any atom is 0.408 e. The van der Waals surface area contributed by atoms with Crippen molar-refractivity contribution in [3.05, 3.63) is 71.3 Å². The number of rotatable bonds is 25. The van der Waals surface area contributed by atoms with E-state index in [0.717, 1.165) is 16.7 Å². The summed E-state index contributed by atoms with van der Waals surface area (Å²) in [5.74, 6) is -3.10. The van der Waals surface area contributed by atoms with Crippen LogP contribution in [0.25, 0.3) is 0 Å². The summed E-state index contributed by atoms with van der Waals surface area (Å²) < 4.78 is 27.6. The van der Waals surface area contributed by atoms with Crippen LogP contribution in [-0.4, -0.2) is 149 Å². The summed E-state index contributed by atoms with van der Waals surface area (Å²) in [7, 11) is 0. The molecule has 0 saturated carbocycles. The average Bonchev–Trinajstić information content (AvgIpc) is 3.17. The number of carbonyl (C=O) groups is 7. The molecule has 0 aliphatic carbocycles. The normalized spacial score (nSPS) is 12.8. The van der Waals surface area contributed by atoms with Gasteiger partial charge >= 0.3 is 30.0 Å². The lowest BCUT2D eigenvalue weighted by atomic mass is 10.1. The van der Waals surface area contributed by atoms with Crippen LogP contribution in [0.5, 0.6) is 0 Å². The van der Waals surface area contributed by atoms with Gasteiger partial charge in [0.2, 0.25) is 5.91 Å². The van der Waals surface area contributed by atoms with Crippen LogP contribution in [0.4, 0.5) is 4.79 Å².